The van der Waals surface area contributed by atoms with Gasteiger partial charge in [0.25, 0.3) is 0 Å². The molecular formula is C15H36N6O2. The fraction of sp³-hybridized carbons (Fsp3) is 1.00. The van der Waals surface area contributed by atoms with Crippen LogP contribution in [0.25, 0.3) is 0 Å². The zero-order valence-electron chi connectivity index (χ0n) is 14.6. The Bertz CT molecular complexity index is 249. The normalized spacial score (nSPS) is 31.4. The smallest absolute Gasteiger partial charge is 0.118 e. The van der Waals surface area contributed by atoms with Crippen LogP contribution in [0.15, 0.2) is 0 Å². The van der Waals surface area contributed by atoms with Crippen molar-refractivity contribution >= 4 is 0 Å². The molecule has 3 aliphatic heterocycles. The quantitative estimate of drug-likeness (QED) is 0.326. The van der Waals surface area contributed by atoms with Crippen LogP contribution in [0.5, 0.6) is 0 Å². The minimum absolute atomic E-state index is 0.0752. The second-order valence-electron chi connectivity index (χ2n) is 6.26. The summed E-state index contributed by atoms with van der Waals surface area (Å²) >= 11 is 0. The Morgan fingerprint density at radius 3 is 2.00 bits per heavy atom. The Kier molecular flexibility index (Phi) is 11.7. The van der Waals surface area contributed by atoms with E-state index in [1.54, 1.807) is 0 Å². The molecule has 3 atom stereocenters. The molecule has 0 aromatic rings. The van der Waals surface area contributed by atoms with Crippen molar-refractivity contribution in [2.75, 3.05) is 59.1 Å². The maximum atomic E-state index is 5.46. The molecule has 138 valence electrons. The number of piperazine rings is 1. The predicted octanol–water partition coefficient (Wildman–Crippen LogP) is -2.01. The Labute approximate surface area is 140 Å². The van der Waals surface area contributed by atoms with E-state index in [-0.39, 0.29) is 12.4 Å². The maximum Gasteiger partial charge on any atom is 0.118 e. The summed E-state index contributed by atoms with van der Waals surface area (Å²) < 4.78 is 10.3. The number of hydrogen-bond acceptors (Lipinski definition) is 8. The van der Waals surface area contributed by atoms with E-state index >= 15 is 0 Å². The van der Waals surface area contributed by atoms with Crippen LogP contribution in [0.1, 0.15) is 13.8 Å². The minimum atomic E-state index is -0.0752. The predicted molar refractivity (Wildman–Crippen MR) is 93.1 cm³/mol. The number of nitrogens with one attached hydrogen (secondary N) is 4. The van der Waals surface area contributed by atoms with Crippen LogP contribution in [-0.4, -0.2) is 77.5 Å². The largest absolute Gasteiger partial charge is 0.379 e. The minimum Gasteiger partial charge on any atom is -0.379 e. The number of hydrogen-bond donors (Lipinski definition) is 6. The highest BCUT2D eigenvalue weighted by Crippen LogP contribution is 2.04. The maximum absolute atomic E-state index is 5.46. The van der Waals surface area contributed by atoms with E-state index in [9.17, 15) is 0 Å². The Hall–Kier alpha value is -0.320. The molecule has 23 heavy (non-hydrogen) atoms. The summed E-state index contributed by atoms with van der Waals surface area (Å²) in [5.41, 5.74) is 10.8. The van der Waals surface area contributed by atoms with Gasteiger partial charge in [-0.1, -0.05) is 13.8 Å². The molecule has 8 nitrogen and oxygen atoms in total. The fourth-order valence-electron chi connectivity index (χ4n) is 2.28. The summed E-state index contributed by atoms with van der Waals surface area (Å²) in [7, 11) is 0. The molecule has 0 aromatic carbocycles. The van der Waals surface area contributed by atoms with E-state index < -0.39 is 0 Å². The zero-order valence-corrected chi connectivity index (χ0v) is 14.6. The third kappa shape index (κ3) is 11.0. The third-order valence-electron chi connectivity index (χ3n) is 3.78. The summed E-state index contributed by atoms with van der Waals surface area (Å²) in [5.74, 6) is 0.699. The molecule has 0 aromatic heterocycles. The van der Waals surface area contributed by atoms with Gasteiger partial charge in [-0.3, -0.25) is 5.32 Å². The summed E-state index contributed by atoms with van der Waals surface area (Å²) in [6.07, 6.45) is 0.0995. The number of morpholine rings is 2. The van der Waals surface area contributed by atoms with E-state index in [4.69, 9.17) is 20.9 Å². The topological polar surface area (TPSA) is 119 Å². The summed E-state index contributed by atoms with van der Waals surface area (Å²) in [6, 6.07) is 0.582. The highest BCUT2D eigenvalue weighted by Gasteiger charge is 2.15. The van der Waals surface area contributed by atoms with E-state index in [0.717, 1.165) is 59.1 Å². The van der Waals surface area contributed by atoms with Crippen LogP contribution >= 0.6 is 0 Å². The van der Waals surface area contributed by atoms with E-state index in [1.165, 1.54) is 0 Å². The van der Waals surface area contributed by atoms with Gasteiger partial charge in [0.15, 0.2) is 0 Å². The standard InChI is InChI=1S/C7H15NO.C4H11N3.C4H10N2O/c1-6(2)7-5-9-4-3-8-7;2*5-4-3-6-1-2-7-4/h6-8H,3-5H2,1-2H3;4,6-7H,1-3,5H2;4,6H,1-3,5H2. The van der Waals surface area contributed by atoms with Gasteiger partial charge in [0.05, 0.1) is 26.0 Å². The highest BCUT2D eigenvalue weighted by molar-refractivity contribution is 4.72. The molecule has 0 amide bonds. The zero-order chi connectivity index (χ0) is 16.9. The van der Waals surface area contributed by atoms with Gasteiger partial charge in [-0.15, -0.1) is 0 Å². The molecule has 0 bridgehead atoms. The van der Waals surface area contributed by atoms with Crippen LogP contribution in [0.2, 0.25) is 0 Å². The summed E-state index contributed by atoms with van der Waals surface area (Å²) in [5, 5.41) is 12.7. The van der Waals surface area contributed by atoms with Crippen molar-refractivity contribution in [2.45, 2.75) is 32.3 Å². The van der Waals surface area contributed by atoms with Crippen LogP contribution in [-0.2, 0) is 9.47 Å². The number of rotatable bonds is 1. The average molecular weight is 332 g/mol. The average Bonchev–Trinajstić information content (AvgIpc) is 2.58. The molecule has 0 spiro atoms. The third-order valence-corrected chi connectivity index (χ3v) is 3.78. The first-order chi connectivity index (χ1) is 11.1. The number of ether oxygens (including phenoxy) is 2. The summed E-state index contributed by atoms with van der Waals surface area (Å²) in [4.78, 5) is 0. The molecule has 8 N–H and O–H groups in total. The van der Waals surface area contributed by atoms with E-state index in [0.29, 0.717) is 12.0 Å². The molecule has 3 fully saturated rings. The van der Waals surface area contributed by atoms with Gasteiger partial charge in [-0.05, 0) is 5.92 Å². The van der Waals surface area contributed by atoms with Crippen LogP contribution in [0, 0.1) is 5.92 Å². The van der Waals surface area contributed by atoms with Gasteiger partial charge in [0.2, 0.25) is 0 Å². The molecule has 3 unspecified atom stereocenters. The number of nitrogens with two attached hydrogens (primary N) is 2. The van der Waals surface area contributed by atoms with Crippen molar-refractivity contribution in [3.05, 3.63) is 0 Å². The first-order valence-corrected chi connectivity index (χ1v) is 8.68. The molecule has 3 heterocycles. The van der Waals surface area contributed by atoms with E-state index in [2.05, 4.69) is 35.1 Å². The molecular weight excluding hydrogens is 296 g/mol. The van der Waals surface area contributed by atoms with Crippen molar-refractivity contribution in [3.63, 3.8) is 0 Å². The fourth-order valence-corrected chi connectivity index (χ4v) is 2.28. The second-order valence-corrected chi connectivity index (χ2v) is 6.26. The lowest BCUT2D eigenvalue weighted by atomic mass is 10.1. The van der Waals surface area contributed by atoms with Gasteiger partial charge in [0, 0.05) is 45.3 Å². The van der Waals surface area contributed by atoms with Gasteiger partial charge in [0.1, 0.15) is 6.23 Å². The van der Waals surface area contributed by atoms with Crippen LogP contribution < -0.4 is 32.7 Å². The Morgan fingerprint density at radius 2 is 1.70 bits per heavy atom. The lowest BCUT2D eigenvalue weighted by Gasteiger charge is -2.26. The van der Waals surface area contributed by atoms with Crippen molar-refractivity contribution in [3.8, 4) is 0 Å². The first kappa shape index (κ1) is 20.7. The van der Waals surface area contributed by atoms with Gasteiger partial charge in [-0.25, -0.2) is 0 Å². The molecule has 0 radical (unpaired) electrons. The van der Waals surface area contributed by atoms with Gasteiger partial charge < -0.3 is 36.9 Å². The molecule has 8 heteroatoms. The van der Waals surface area contributed by atoms with Gasteiger partial charge >= 0.3 is 0 Å². The van der Waals surface area contributed by atoms with Gasteiger partial charge in [-0.2, -0.15) is 0 Å². The lowest BCUT2D eigenvalue weighted by Crippen LogP contribution is -2.53. The molecule has 0 saturated carbocycles. The molecule has 3 aliphatic rings. The lowest BCUT2D eigenvalue weighted by molar-refractivity contribution is 0.0331. The van der Waals surface area contributed by atoms with Crippen molar-refractivity contribution in [1.82, 2.24) is 21.3 Å². The summed E-state index contributed by atoms with van der Waals surface area (Å²) in [6.45, 7) is 12.6. The SMILES string of the molecule is CC(C)C1COCCN1.NC1CNCCN1.NC1CNCCO1. The van der Waals surface area contributed by atoms with Crippen molar-refractivity contribution < 1.29 is 9.47 Å². The van der Waals surface area contributed by atoms with E-state index in [1.807, 2.05) is 0 Å². The molecule has 3 saturated heterocycles. The van der Waals surface area contributed by atoms with Crippen molar-refractivity contribution in [2.24, 2.45) is 17.4 Å². The highest BCUT2D eigenvalue weighted by atomic mass is 16.5. The van der Waals surface area contributed by atoms with Crippen LogP contribution in [0.4, 0.5) is 0 Å². The van der Waals surface area contributed by atoms with Crippen molar-refractivity contribution in [1.29, 1.82) is 0 Å². The monoisotopic (exact) mass is 332 g/mol. The molecule has 0 aliphatic carbocycles. The molecule has 3 rings (SSSR count). The van der Waals surface area contributed by atoms with Crippen LogP contribution in [0.3, 0.4) is 0 Å². The Morgan fingerprint density at radius 1 is 0.913 bits per heavy atom. The Balaban J connectivity index is 0.000000175. The first-order valence-electron chi connectivity index (χ1n) is 8.68. The second kappa shape index (κ2) is 13.0.